The monoisotopic (exact) mass is 286 g/mol. The van der Waals surface area contributed by atoms with Gasteiger partial charge in [0.1, 0.15) is 6.17 Å². The largest absolute Gasteiger partial charge is 0.319 e. The second-order valence-corrected chi connectivity index (χ2v) is 6.48. The van der Waals surface area contributed by atoms with Crippen molar-refractivity contribution < 1.29 is 4.79 Å². The van der Waals surface area contributed by atoms with Crippen LogP contribution in [0.15, 0.2) is 24.3 Å². The van der Waals surface area contributed by atoms with Gasteiger partial charge < -0.3 is 4.90 Å². The summed E-state index contributed by atoms with van der Waals surface area (Å²) in [5.74, 6) is 0.302. The van der Waals surface area contributed by atoms with E-state index >= 15 is 0 Å². The highest BCUT2D eigenvalue weighted by atomic mass is 16.2. The number of rotatable bonds is 3. The lowest BCUT2D eigenvalue weighted by molar-refractivity contribution is -0.133. The molecule has 0 bridgehead atoms. The second kappa shape index (κ2) is 6.18. The van der Waals surface area contributed by atoms with E-state index in [1.54, 1.807) is 0 Å². The molecule has 1 saturated carbocycles. The van der Waals surface area contributed by atoms with Crippen LogP contribution in [0.1, 0.15) is 62.7 Å². The fourth-order valence-corrected chi connectivity index (χ4v) is 3.79. The van der Waals surface area contributed by atoms with Crippen LogP contribution >= 0.6 is 0 Å². The minimum atomic E-state index is -0.0163. The summed E-state index contributed by atoms with van der Waals surface area (Å²) >= 11 is 0. The predicted molar refractivity (Wildman–Crippen MR) is 84.9 cm³/mol. The van der Waals surface area contributed by atoms with Crippen molar-refractivity contribution in [2.24, 2.45) is 0 Å². The molecule has 1 heterocycles. The van der Waals surface area contributed by atoms with Crippen LogP contribution in [0.5, 0.6) is 0 Å². The first-order valence-corrected chi connectivity index (χ1v) is 8.35. The number of nitrogens with one attached hydrogen (secondary N) is 1. The topological polar surface area (TPSA) is 32.3 Å². The zero-order valence-corrected chi connectivity index (χ0v) is 13.1. The van der Waals surface area contributed by atoms with Gasteiger partial charge in [0.05, 0.1) is 6.04 Å². The van der Waals surface area contributed by atoms with Gasteiger partial charge in [0, 0.05) is 6.04 Å². The van der Waals surface area contributed by atoms with Gasteiger partial charge in [-0.25, -0.2) is 0 Å². The summed E-state index contributed by atoms with van der Waals surface area (Å²) in [7, 11) is 0. The molecule has 0 aromatic heterocycles. The molecule has 1 aromatic carbocycles. The molecule has 1 aliphatic heterocycles. The molecule has 0 spiro atoms. The zero-order chi connectivity index (χ0) is 14.8. The van der Waals surface area contributed by atoms with Crippen molar-refractivity contribution in [1.29, 1.82) is 0 Å². The molecule has 3 heteroatoms. The highest BCUT2D eigenvalue weighted by Gasteiger charge is 2.42. The van der Waals surface area contributed by atoms with E-state index < -0.39 is 0 Å². The molecule has 21 heavy (non-hydrogen) atoms. The van der Waals surface area contributed by atoms with Crippen LogP contribution in [0.25, 0.3) is 0 Å². The van der Waals surface area contributed by atoms with Gasteiger partial charge in [-0.1, -0.05) is 56.0 Å². The summed E-state index contributed by atoms with van der Waals surface area (Å²) in [6, 6.07) is 8.96. The number of carbonyl (C=O) groups is 1. The first-order valence-electron chi connectivity index (χ1n) is 8.35. The number of hydrogen-bond acceptors (Lipinski definition) is 2. The van der Waals surface area contributed by atoms with E-state index in [1.807, 2.05) is 0 Å². The molecular formula is C18H26N2O. The predicted octanol–water partition coefficient (Wildman–Crippen LogP) is 3.54. The number of hydrogen-bond donors (Lipinski definition) is 1. The first-order chi connectivity index (χ1) is 10.2. The zero-order valence-electron chi connectivity index (χ0n) is 13.1. The van der Waals surface area contributed by atoms with E-state index in [0.717, 1.165) is 19.3 Å². The minimum Gasteiger partial charge on any atom is -0.319 e. The van der Waals surface area contributed by atoms with Crippen LogP contribution in [-0.2, 0) is 4.79 Å². The molecule has 1 aliphatic carbocycles. The third kappa shape index (κ3) is 2.84. The molecule has 2 aliphatic rings. The standard InChI is InChI=1S/C18H26N2O/c1-3-16-18(21)20(15-10-5-4-6-11-15)17(19-16)14-9-7-8-13(2)12-14/h7-9,12,15-17,19H,3-6,10-11H2,1-2H3. The Balaban J connectivity index is 1.90. The molecule has 2 atom stereocenters. The Kier molecular flexibility index (Phi) is 4.29. The van der Waals surface area contributed by atoms with Gasteiger partial charge in [-0.05, 0) is 31.7 Å². The lowest BCUT2D eigenvalue weighted by Crippen LogP contribution is -2.41. The summed E-state index contributed by atoms with van der Waals surface area (Å²) in [6.45, 7) is 4.20. The van der Waals surface area contributed by atoms with Crippen LogP contribution in [-0.4, -0.2) is 22.9 Å². The molecule has 1 amide bonds. The van der Waals surface area contributed by atoms with Crippen molar-refractivity contribution in [3.8, 4) is 0 Å². The van der Waals surface area contributed by atoms with Crippen LogP contribution < -0.4 is 5.32 Å². The van der Waals surface area contributed by atoms with Crippen molar-refractivity contribution in [2.45, 2.75) is 70.6 Å². The van der Waals surface area contributed by atoms with Crippen LogP contribution in [0, 0.1) is 6.92 Å². The molecule has 1 aromatic rings. The Bertz CT molecular complexity index is 508. The van der Waals surface area contributed by atoms with Crippen molar-refractivity contribution in [3.63, 3.8) is 0 Å². The molecule has 0 radical (unpaired) electrons. The summed E-state index contributed by atoms with van der Waals surface area (Å²) < 4.78 is 0. The van der Waals surface area contributed by atoms with Gasteiger partial charge in [0.2, 0.25) is 5.91 Å². The highest BCUT2D eigenvalue weighted by Crippen LogP contribution is 2.34. The molecule has 3 rings (SSSR count). The summed E-state index contributed by atoms with van der Waals surface area (Å²) in [5, 5.41) is 3.56. The van der Waals surface area contributed by atoms with Gasteiger partial charge in [0.15, 0.2) is 0 Å². The third-order valence-electron chi connectivity index (χ3n) is 4.92. The summed E-state index contributed by atoms with van der Waals surface area (Å²) in [5.41, 5.74) is 2.48. The van der Waals surface area contributed by atoms with E-state index in [0.29, 0.717) is 11.9 Å². The Labute approximate surface area is 127 Å². The van der Waals surface area contributed by atoms with Gasteiger partial charge in [-0.15, -0.1) is 0 Å². The number of nitrogens with zero attached hydrogens (tertiary/aromatic N) is 1. The molecular weight excluding hydrogens is 260 g/mol. The van der Waals surface area contributed by atoms with Gasteiger partial charge in [-0.2, -0.15) is 0 Å². The number of aryl methyl sites for hydroxylation is 1. The van der Waals surface area contributed by atoms with Crippen LogP contribution in [0.3, 0.4) is 0 Å². The Morgan fingerprint density at radius 3 is 2.67 bits per heavy atom. The number of amides is 1. The second-order valence-electron chi connectivity index (χ2n) is 6.48. The molecule has 114 valence electrons. The van der Waals surface area contributed by atoms with Gasteiger partial charge in [-0.3, -0.25) is 10.1 Å². The van der Waals surface area contributed by atoms with Crippen LogP contribution in [0.2, 0.25) is 0 Å². The molecule has 2 fully saturated rings. The van der Waals surface area contributed by atoms with E-state index in [9.17, 15) is 4.79 Å². The van der Waals surface area contributed by atoms with E-state index in [4.69, 9.17) is 0 Å². The summed E-state index contributed by atoms with van der Waals surface area (Å²) in [6.07, 6.45) is 7.07. The molecule has 2 unspecified atom stereocenters. The summed E-state index contributed by atoms with van der Waals surface area (Å²) in [4.78, 5) is 14.9. The molecule has 3 nitrogen and oxygen atoms in total. The Morgan fingerprint density at radius 1 is 1.24 bits per heavy atom. The van der Waals surface area contributed by atoms with Crippen molar-refractivity contribution >= 4 is 5.91 Å². The Morgan fingerprint density at radius 2 is 2.00 bits per heavy atom. The van der Waals surface area contributed by atoms with Crippen LogP contribution in [0.4, 0.5) is 0 Å². The van der Waals surface area contributed by atoms with Crippen molar-refractivity contribution in [1.82, 2.24) is 10.2 Å². The van der Waals surface area contributed by atoms with E-state index in [1.165, 1.54) is 30.4 Å². The quantitative estimate of drug-likeness (QED) is 0.922. The maximum Gasteiger partial charge on any atom is 0.241 e. The maximum absolute atomic E-state index is 12.8. The van der Waals surface area contributed by atoms with Gasteiger partial charge >= 0.3 is 0 Å². The minimum absolute atomic E-state index is 0.0163. The third-order valence-corrected chi connectivity index (χ3v) is 4.92. The lowest BCUT2D eigenvalue weighted by atomic mass is 9.93. The maximum atomic E-state index is 12.8. The fraction of sp³-hybridized carbons (Fsp3) is 0.611. The average molecular weight is 286 g/mol. The van der Waals surface area contributed by atoms with Crippen molar-refractivity contribution in [3.05, 3.63) is 35.4 Å². The van der Waals surface area contributed by atoms with E-state index in [-0.39, 0.29) is 12.2 Å². The lowest BCUT2D eigenvalue weighted by Gasteiger charge is -2.35. The first kappa shape index (κ1) is 14.6. The highest BCUT2D eigenvalue weighted by molar-refractivity contribution is 5.84. The smallest absolute Gasteiger partial charge is 0.241 e. The SMILES string of the molecule is CCC1NC(c2cccc(C)c2)N(C2CCCCC2)C1=O. The molecule has 1 saturated heterocycles. The average Bonchev–Trinajstić information content (AvgIpc) is 2.85. The Hall–Kier alpha value is -1.35. The van der Waals surface area contributed by atoms with Gasteiger partial charge in [0.25, 0.3) is 0 Å². The molecule has 1 N–H and O–H groups in total. The fourth-order valence-electron chi connectivity index (χ4n) is 3.79. The van der Waals surface area contributed by atoms with E-state index in [2.05, 4.69) is 48.3 Å². The number of carbonyl (C=O) groups excluding carboxylic acids is 1. The normalized spacial score (nSPS) is 27.3. The number of benzene rings is 1. The van der Waals surface area contributed by atoms with Crippen molar-refractivity contribution in [2.75, 3.05) is 0 Å².